The Bertz CT molecular complexity index is 411. The summed E-state index contributed by atoms with van der Waals surface area (Å²) in [5.41, 5.74) is 0.959. The van der Waals surface area contributed by atoms with Crippen molar-refractivity contribution in [1.29, 1.82) is 0 Å². The van der Waals surface area contributed by atoms with Crippen molar-refractivity contribution in [3.8, 4) is 5.75 Å². The minimum Gasteiger partial charge on any atom is -0.434 e. The minimum absolute atomic E-state index is 0.0677. The van der Waals surface area contributed by atoms with Crippen LogP contribution in [0.2, 0.25) is 0 Å². The lowest BCUT2D eigenvalue weighted by molar-refractivity contribution is -0.113. The molecule has 1 aromatic carbocycles. The first-order chi connectivity index (χ1) is 7.50. The third kappa shape index (κ3) is 3.46. The van der Waals surface area contributed by atoms with E-state index in [1.54, 1.807) is 25.1 Å². The number of hydrogen-bond donors (Lipinski definition) is 0. The second kappa shape index (κ2) is 5.39. The van der Waals surface area contributed by atoms with Gasteiger partial charge in [0.1, 0.15) is 5.75 Å². The van der Waals surface area contributed by atoms with E-state index in [4.69, 9.17) is 0 Å². The van der Waals surface area contributed by atoms with Gasteiger partial charge in [-0.15, -0.1) is 0 Å². The number of alkyl halides is 2. The van der Waals surface area contributed by atoms with Gasteiger partial charge < -0.3 is 4.74 Å². The Morgan fingerprint density at radius 3 is 2.50 bits per heavy atom. The van der Waals surface area contributed by atoms with Crippen molar-refractivity contribution >= 4 is 11.9 Å². The van der Waals surface area contributed by atoms with Gasteiger partial charge in [-0.2, -0.15) is 8.78 Å². The van der Waals surface area contributed by atoms with E-state index in [1.165, 1.54) is 19.1 Å². The Morgan fingerprint density at radius 2 is 1.94 bits per heavy atom. The highest BCUT2D eigenvalue weighted by Crippen LogP contribution is 2.22. The topological polar surface area (TPSA) is 26.3 Å². The van der Waals surface area contributed by atoms with Crippen LogP contribution in [0.5, 0.6) is 5.75 Å². The third-order valence-corrected chi connectivity index (χ3v) is 2.06. The maximum Gasteiger partial charge on any atom is 0.387 e. The second-order valence-corrected chi connectivity index (χ2v) is 3.30. The van der Waals surface area contributed by atoms with Crippen LogP contribution in [-0.4, -0.2) is 12.4 Å². The smallest absolute Gasteiger partial charge is 0.387 e. The standard InChI is InChI=1S/C12H12F2O2/c1-8(9(2)15)7-10-5-3-4-6-11(10)16-12(13)14/h3-7,12H,1-2H3/b8-7+. The van der Waals surface area contributed by atoms with Crippen LogP contribution in [-0.2, 0) is 4.79 Å². The van der Waals surface area contributed by atoms with Gasteiger partial charge in [0.05, 0.1) is 0 Å². The fourth-order valence-corrected chi connectivity index (χ4v) is 1.14. The molecule has 0 aliphatic rings. The van der Waals surface area contributed by atoms with E-state index in [9.17, 15) is 13.6 Å². The largest absolute Gasteiger partial charge is 0.434 e. The maximum atomic E-state index is 12.1. The normalized spacial score (nSPS) is 11.7. The van der Waals surface area contributed by atoms with Crippen molar-refractivity contribution in [3.63, 3.8) is 0 Å². The van der Waals surface area contributed by atoms with E-state index in [0.717, 1.165) is 0 Å². The van der Waals surface area contributed by atoms with Gasteiger partial charge in [0.15, 0.2) is 5.78 Å². The number of rotatable bonds is 4. The number of benzene rings is 1. The number of para-hydroxylation sites is 1. The first-order valence-corrected chi connectivity index (χ1v) is 4.74. The Labute approximate surface area is 92.5 Å². The number of hydrogen-bond acceptors (Lipinski definition) is 2. The van der Waals surface area contributed by atoms with Crippen LogP contribution in [0.4, 0.5) is 8.78 Å². The molecule has 0 spiro atoms. The van der Waals surface area contributed by atoms with Crippen LogP contribution < -0.4 is 4.74 Å². The summed E-state index contributed by atoms with van der Waals surface area (Å²) >= 11 is 0. The van der Waals surface area contributed by atoms with E-state index >= 15 is 0 Å². The van der Waals surface area contributed by atoms with Crippen molar-refractivity contribution in [2.45, 2.75) is 20.5 Å². The highest BCUT2D eigenvalue weighted by molar-refractivity contribution is 5.97. The number of carbonyl (C=O) groups excluding carboxylic acids is 1. The molecule has 0 aliphatic heterocycles. The Morgan fingerprint density at radius 1 is 1.31 bits per heavy atom. The molecule has 0 saturated heterocycles. The predicted molar refractivity (Wildman–Crippen MR) is 57.4 cm³/mol. The zero-order chi connectivity index (χ0) is 12.1. The molecule has 16 heavy (non-hydrogen) atoms. The van der Waals surface area contributed by atoms with Gasteiger partial charge >= 0.3 is 6.61 Å². The van der Waals surface area contributed by atoms with Crippen molar-refractivity contribution < 1.29 is 18.3 Å². The SMILES string of the molecule is CC(=O)/C(C)=C/c1ccccc1OC(F)F. The van der Waals surface area contributed by atoms with Crippen LogP contribution in [0.25, 0.3) is 6.08 Å². The van der Waals surface area contributed by atoms with E-state index in [1.807, 2.05) is 0 Å². The van der Waals surface area contributed by atoms with Gasteiger partial charge in [-0.3, -0.25) is 4.79 Å². The van der Waals surface area contributed by atoms with Crippen LogP contribution in [0, 0.1) is 0 Å². The number of ether oxygens (including phenoxy) is 1. The van der Waals surface area contributed by atoms with Crippen LogP contribution in [0.1, 0.15) is 19.4 Å². The molecule has 0 unspecified atom stereocenters. The van der Waals surface area contributed by atoms with Crippen molar-refractivity contribution in [2.75, 3.05) is 0 Å². The fraction of sp³-hybridized carbons (Fsp3) is 0.250. The Hall–Kier alpha value is -1.71. The van der Waals surface area contributed by atoms with Crippen LogP contribution in [0.3, 0.4) is 0 Å². The van der Waals surface area contributed by atoms with Gasteiger partial charge in [-0.1, -0.05) is 18.2 Å². The van der Waals surface area contributed by atoms with Crippen molar-refractivity contribution in [1.82, 2.24) is 0 Å². The molecule has 0 heterocycles. The van der Waals surface area contributed by atoms with Crippen LogP contribution in [0.15, 0.2) is 29.8 Å². The predicted octanol–water partition coefficient (Wildman–Crippen LogP) is 3.28. The molecular formula is C12H12F2O2. The summed E-state index contributed by atoms with van der Waals surface area (Å²) in [6.07, 6.45) is 1.53. The molecule has 0 saturated carbocycles. The average Bonchev–Trinajstić information content (AvgIpc) is 2.20. The maximum absolute atomic E-state index is 12.1. The Kier molecular flexibility index (Phi) is 4.17. The monoisotopic (exact) mass is 226 g/mol. The van der Waals surface area contributed by atoms with E-state index in [2.05, 4.69) is 4.74 Å². The number of Topliss-reactive ketones (excluding diaryl/α,β-unsaturated/α-hetero) is 1. The van der Waals surface area contributed by atoms with Crippen LogP contribution >= 0.6 is 0 Å². The zero-order valence-corrected chi connectivity index (χ0v) is 9.04. The molecule has 0 aromatic heterocycles. The third-order valence-electron chi connectivity index (χ3n) is 2.06. The van der Waals surface area contributed by atoms with Crippen molar-refractivity contribution in [3.05, 3.63) is 35.4 Å². The molecule has 0 radical (unpaired) electrons. The second-order valence-electron chi connectivity index (χ2n) is 3.30. The summed E-state index contributed by atoms with van der Waals surface area (Å²) in [5.74, 6) is -0.0371. The molecule has 0 amide bonds. The zero-order valence-electron chi connectivity index (χ0n) is 9.04. The molecule has 2 nitrogen and oxygen atoms in total. The summed E-state index contributed by atoms with van der Waals surface area (Å²) < 4.78 is 28.5. The molecular weight excluding hydrogens is 214 g/mol. The molecule has 86 valence electrons. The lowest BCUT2D eigenvalue weighted by Gasteiger charge is -2.07. The highest BCUT2D eigenvalue weighted by atomic mass is 19.3. The molecule has 0 N–H and O–H groups in total. The molecule has 4 heteroatoms. The first-order valence-electron chi connectivity index (χ1n) is 4.74. The molecule has 0 aliphatic carbocycles. The fourth-order valence-electron chi connectivity index (χ4n) is 1.14. The number of carbonyl (C=O) groups is 1. The van der Waals surface area contributed by atoms with E-state index in [-0.39, 0.29) is 11.5 Å². The quantitative estimate of drug-likeness (QED) is 0.736. The van der Waals surface area contributed by atoms with Gasteiger partial charge in [0, 0.05) is 5.56 Å². The highest BCUT2D eigenvalue weighted by Gasteiger charge is 2.08. The molecule has 1 aromatic rings. The molecule has 0 fully saturated rings. The minimum atomic E-state index is -2.87. The van der Waals surface area contributed by atoms with Gasteiger partial charge in [0.2, 0.25) is 0 Å². The van der Waals surface area contributed by atoms with Gasteiger partial charge in [-0.05, 0) is 31.6 Å². The Balaban J connectivity index is 3.04. The average molecular weight is 226 g/mol. The van der Waals surface area contributed by atoms with E-state index in [0.29, 0.717) is 11.1 Å². The van der Waals surface area contributed by atoms with E-state index < -0.39 is 6.61 Å². The summed E-state index contributed by atoms with van der Waals surface area (Å²) in [6, 6.07) is 6.34. The van der Waals surface area contributed by atoms with Gasteiger partial charge in [0.25, 0.3) is 0 Å². The first kappa shape index (κ1) is 12.4. The number of allylic oxidation sites excluding steroid dienone is 1. The lowest BCUT2D eigenvalue weighted by atomic mass is 10.1. The van der Waals surface area contributed by atoms with Crippen molar-refractivity contribution in [2.24, 2.45) is 0 Å². The number of ketones is 1. The molecule has 1 rings (SSSR count). The summed E-state index contributed by atoms with van der Waals surface area (Å²) in [6.45, 7) is 0.177. The molecule has 0 bridgehead atoms. The van der Waals surface area contributed by atoms with Gasteiger partial charge in [-0.25, -0.2) is 0 Å². The summed E-state index contributed by atoms with van der Waals surface area (Å²) in [4.78, 5) is 11.0. The summed E-state index contributed by atoms with van der Waals surface area (Å²) in [7, 11) is 0. The molecule has 0 atom stereocenters. The number of halogens is 2. The lowest BCUT2D eigenvalue weighted by Crippen LogP contribution is -2.03. The summed E-state index contributed by atoms with van der Waals surface area (Å²) in [5, 5.41) is 0.